The molecule has 0 aliphatic carbocycles. The van der Waals surface area contributed by atoms with Gasteiger partial charge in [0.1, 0.15) is 18.5 Å². The van der Waals surface area contributed by atoms with E-state index in [1.54, 1.807) is 12.1 Å². The SMILES string of the molecule is NC(=O)c1cc(Br)ccc1OCC1CNCCO1. The highest BCUT2D eigenvalue weighted by molar-refractivity contribution is 9.10. The number of nitrogens with two attached hydrogens (primary N) is 1. The molecule has 1 heterocycles. The quantitative estimate of drug-likeness (QED) is 0.866. The minimum Gasteiger partial charge on any atom is -0.490 e. The molecule has 6 heteroatoms. The number of ether oxygens (including phenoxy) is 2. The van der Waals surface area contributed by atoms with Gasteiger partial charge in [-0.05, 0) is 18.2 Å². The summed E-state index contributed by atoms with van der Waals surface area (Å²) >= 11 is 3.29. The van der Waals surface area contributed by atoms with Gasteiger partial charge in [0.2, 0.25) is 0 Å². The van der Waals surface area contributed by atoms with E-state index in [9.17, 15) is 4.79 Å². The predicted molar refractivity (Wildman–Crippen MR) is 70.8 cm³/mol. The van der Waals surface area contributed by atoms with Gasteiger partial charge in [0.25, 0.3) is 5.91 Å². The lowest BCUT2D eigenvalue weighted by Gasteiger charge is -2.24. The van der Waals surface area contributed by atoms with Crippen LogP contribution in [0.5, 0.6) is 5.75 Å². The first-order valence-electron chi connectivity index (χ1n) is 5.71. The lowest BCUT2D eigenvalue weighted by molar-refractivity contribution is 0.0000353. The first-order chi connectivity index (χ1) is 8.66. The molecule has 1 aromatic carbocycles. The average Bonchev–Trinajstić information content (AvgIpc) is 2.38. The lowest BCUT2D eigenvalue weighted by atomic mass is 10.2. The van der Waals surface area contributed by atoms with Gasteiger partial charge in [-0.2, -0.15) is 0 Å². The third-order valence-corrected chi connectivity index (χ3v) is 3.13. The van der Waals surface area contributed by atoms with Crippen LogP contribution in [-0.4, -0.2) is 38.3 Å². The molecule has 0 aromatic heterocycles. The number of morpholine rings is 1. The molecular formula is C12H15BrN2O3. The van der Waals surface area contributed by atoms with Crippen molar-refractivity contribution < 1.29 is 14.3 Å². The summed E-state index contributed by atoms with van der Waals surface area (Å²) < 4.78 is 11.9. The topological polar surface area (TPSA) is 73.6 Å². The van der Waals surface area contributed by atoms with Crippen LogP contribution < -0.4 is 15.8 Å². The molecule has 1 unspecified atom stereocenters. The molecule has 1 fully saturated rings. The second kappa shape index (κ2) is 6.17. The number of halogens is 1. The first-order valence-corrected chi connectivity index (χ1v) is 6.50. The molecule has 18 heavy (non-hydrogen) atoms. The van der Waals surface area contributed by atoms with Gasteiger partial charge in [-0.1, -0.05) is 15.9 Å². The van der Waals surface area contributed by atoms with E-state index in [1.165, 1.54) is 0 Å². The molecule has 2 rings (SSSR count). The van der Waals surface area contributed by atoms with Crippen LogP contribution in [0.3, 0.4) is 0 Å². The number of carbonyl (C=O) groups is 1. The zero-order valence-electron chi connectivity index (χ0n) is 9.82. The molecule has 1 saturated heterocycles. The first kappa shape index (κ1) is 13.3. The smallest absolute Gasteiger partial charge is 0.252 e. The van der Waals surface area contributed by atoms with Crippen LogP contribution in [0.2, 0.25) is 0 Å². The number of hydrogen-bond acceptors (Lipinski definition) is 4. The van der Waals surface area contributed by atoms with Crippen LogP contribution in [0, 0.1) is 0 Å². The third kappa shape index (κ3) is 3.44. The average molecular weight is 315 g/mol. The molecule has 0 saturated carbocycles. The number of nitrogens with one attached hydrogen (secondary N) is 1. The number of carbonyl (C=O) groups excluding carboxylic acids is 1. The van der Waals surface area contributed by atoms with Gasteiger partial charge < -0.3 is 20.5 Å². The molecule has 3 N–H and O–H groups in total. The van der Waals surface area contributed by atoms with Gasteiger partial charge in [0.15, 0.2) is 0 Å². The van der Waals surface area contributed by atoms with Crippen LogP contribution in [-0.2, 0) is 4.74 Å². The molecular weight excluding hydrogens is 300 g/mol. The van der Waals surface area contributed by atoms with E-state index in [0.717, 1.165) is 17.6 Å². The number of amides is 1. The monoisotopic (exact) mass is 314 g/mol. The Morgan fingerprint density at radius 3 is 3.11 bits per heavy atom. The molecule has 1 amide bonds. The fourth-order valence-electron chi connectivity index (χ4n) is 1.73. The molecule has 1 atom stereocenters. The summed E-state index contributed by atoms with van der Waals surface area (Å²) in [6.45, 7) is 2.69. The Hall–Kier alpha value is -1.11. The maximum Gasteiger partial charge on any atom is 0.252 e. The van der Waals surface area contributed by atoms with Crippen molar-refractivity contribution in [2.45, 2.75) is 6.10 Å². The number of primary amides is 1. The second-order valence-electron chi connectivity index (χ2n) is 4.01. The summed E-state index contributed by atoms with van der Waals surface area (Å²) in [4.78, 5) is 11.3. The van der Waals surface area contributed by atoms with E-state index < -0.39 is 5.91 Å². The molecule has 1 aliphatic rings. The Morgan fingerprint density at radius 1 is 1.61 bits per heavy atom. The van der Waals surface area contributed by atoms with Crippen LogP contribution in [0.4, 0.5) is 0 Å². The van der Waals surface area contributed by atoms with E-state index in [4.69, 9.17) is 15.2 Å². The Bertz CT molecular complexity index is 433. The number of rotatable bonds is 4. The van der Waals surface area contributed by atoms with E-state index in [2.05, 4.69) is 21.2 Å². The minimum atomic E-state index is -0.506. The van der Waals surface area contributed by atoms with Crippen molar-refractivity contribution in [2.24, 2.45) is 5.73 Å². The Labute approximate surface area is 114 Å². The van der Waals surface area contributed by atoms with Crippen molar-refractivity contribution in [1.82, 2.24) is 5.32 Å². The van der Waals surface area contributed by atoms with Crippen molar-refractivity contribution in [3.8, 4) is 5.75 Å². The molecule has 0 spiro atoms. The largest absolute Gasteiger partial charge is 0.490 e. The Balaban J connectivity index is 2.01. The highest BCUT2D eigenvalue weighted by Gasteiger charge is 2.16. The zero-order chi connectivity index (χ0) is 13.0. The molecule has 0 bridgehead atoms. The highest BCUT2D eigenvalue weighted by atomic mass is 79.9. The summed E-state index contributed by atoms with van der Waals surface area (Å²) in [7, 11) is 0. The Morgan fingerprint density at radius 2 is 2.44 bits per heavy atom. The van der Waals surface area contributed by atoms with E-state index in [-0.39, 0.29) is 6.10 Å². The summed E-state index contributed by atoms with van der Waals surface area (Å²) in [6, 6.07) is 5.18. The maximum absolute atomic E-state index is 11.3. The van der Waals surface area contributed by atoms with Crippen molar-refractivity contribution in [2.75, 3.05) is 26.3 Å². The third-order valence-electron chi connectivity index (χ3n) is 2.64. The van der Waals surface area contributed by atoms with Crippen LogP contribution in [0.25, 0.3) is 0 Å². The summed E-state index contributed by atoms with van der Waals surface area (Å²) in [6.07, 6.45) is 0.00289. The van der Waals surface area contributed by atoms with E-state index in [0.29, 0.717) is 24.5 Å². The summed E-state index contributed by atoms with van der Waals surface area (Å²) in [5.74, 6) is -0.0196. The highest BCUT2D eigenvalue weighted by Crippen LogP contribution is 2.23. The van der Waals surface area contributed by atoms with Crippen molar-refractivity contribution in [3.05, 3.63) is 28.2 Å². The van der Waals surface area contributed by atoms with Crippen LogP contribution >= 0.6 is 15.9 Å². The summed E-state index contributed by atoms with van der Waals surface area (Å²) in [5, 5.41) is 3.21. The van der Waals surface area contributed by atoms with Crippen LogP contribution in [0.1, 0.15) is 10.4 Å². The number of hydrogen-bond donors (Lipinski definition) is 2. The minimum absolute atomic E-state index is 0.00289. The van der Waals surface area contributed by atoms with Gasteiger partial charge in [0, 0.05) is 17.6 Å². The maximum atomic E-state index is 11.3. The van der Waals surface area contributed by atoms with Crippen molar-refractivity contribution in [1.29, 1.82) is 0 Å². The van der Waals surface area contributed by atoms with Crippen molar-refractivity contribution in [3.63, 3.8) is 0 Å². The fourth-order valence-corrected chi connectivity index (χ4v) is 2.09. The molecule has 1 aliphatic heterocycles. The van der Waals surface area contributed by atoms with Crippen LogP contribution in [0.15, 0.2) is 22.7 Å². The van der Waals surface area contributed by atoms with Gasteiger partial charge in [0.05, 0.1) is 12.2 Å². The van der Waals surface area contributed by atoms with Gasteiger partial charge in [-0.15, -0.1) is 0 Å². The fraction of sp³-hybridized carbons (Fsp3) is 0.417. The van der Waals surface area contributed by atoms with Gasteiger partial charge in [-0.25, -0.2) is 0 Å². The second-order valence-corrected chi connectivity index (χ2v) is 4.93. The molecule has 98 valence electrons. The standard InChI is InChI=1S/C12H15BrN2O3/c13-8-1-2-11(10(5-8)12(14)16)18-7-9-6-15-3-4-17-9/h1-2,5,9,15H,3-4,6-7H2,(H2,14,16). The Kier molecular flexibility index (Phi) is 4.57. The van der Waals surface area contributed by atoms with E-state index in [1.807, 2.05) is 6.07 Å². The lowest BCUT2D eigenvalue weighted by Crippen LogP contribution is -2.41. The van der Waals surface area contributed by atoms with Gasteiger partial charge >= 0.3 is 0 Å². The molecule has 1 aromatic rings. The molecule has 0 radical (unpaired) electrons. The molecule has 5 nitrogen and oxygen atoms in total. The van der Waals surface area contributed by atoms with Crippen molar-refractivity contribution >= 4 is 21.8 Å². The van der Waals surface area contributed by atoms with E-state index >= 15 is 0 Å². The summed E-state index contributed by atoms with van der Waals surface area (Å²) in [5.41, 5.74) is 5.68. The number of benzene rings is 1. The van der Waals surface area contributed by atoms with Gasteiger partial charge in [-0.3, -0.25) is 4.79 Å². The normalized spacial score (nSPS) is 19.5. The zero-order valence-corrected chi connectivity index (χ0v) is 11.4. The predicted octanol–water partition coefficient (Wildman–Crippen LogP) is 0.915.